The van der Waals surface area contributed by atoms with Crippen LogP contribution in [-0.4, -0.2) is 18.4 Å². The molecule has 0 fully saturated rings. The minimum Gasteiger partial charge on any atom is -0.458 e. The van der Waals surface area contributed by atoms with Gasteiger partial charge in [0.05, 0.1) is 0 Å². The molecule has 0 unspecified atom stereocenters. The van der Waals surface area contributed by atoms with Crippen LogP contribution in [0.2, 0.25) is 0 Å². The molecule has 0 saturated heterocycles. The van der Waals surface area contributed by atoms with Crippen LogP contribution < -0.4 is 0 Å². The minimum atomic E-state index is -0.397. The number of carbonyl (C=O) groups is 2. The summed E-state index contributed by atoms with van der Waals surface area (Å²) in [5, 5.41) is 0. The summed E-state index contributed by atoms with van der Waals surface area (Å²) in [6.45, 7) is 1.86. The lowest BCUT2D eigenvalue weighted by molar-refractivity contribution is -0.137. The molecule has 0 bridgehead atoms. The minimum absolute atomic E-state index is 0.101. The smallest absolute Gasteiger partial charge is 0.330 e. The van der Waals surface area contributed by atoms with Gasteiger partial charge >= 0.3 is 5.97 Å². The van der Waals surface area contributed by atoms with Gasteiger partial charge in [0.15, 0.2) is 5.78 Å². The zero-order valence-corrected chi connectivity index (χ0v) is 8.29. The number of Topliss-reactive ketones (excluding diaryl/α,β-unsaturated/α-hetero) is 1. The average molecular weight is 194 g/mol. The van der Waals surface area contributed by atoms with E-state index in [1.54, 1.807) is 13.0 Å². The summed E-state index contributed by atoms with van der Waals surface area (Å²) >= 11 is 0. The van der Waals surface area contributed by atoms with E-state index < -0.39 is 5.97 Å². The number of hydrogen-bond donors (Lipinski definition) is 0. The van der Waals surface area contributed by atoms with E-state index in [1.807, 2.05) is 6.08 Å². The summed E-state index contributed by atoms with van der Waals surface area (Å²) in [6.07, 6.45) is 7.20. The molecule has 14 heavy (non-hydrogen) atoms. The zero-order chi connectivity index (χ0) is 10.4. The van der Waals surface area contributed by atoms with Crippen LogP contribution in [0.1, 0.15) is 26.2 Å². The quantitative estimate of drug-likeness (QED) is 0.508. The molecular weight excluding hydrogens is 180 g/mol. The van der Waals surface area contributed by atoms with Gasteiger partial charge in [0.25, 0.3) is 0 Å². The second-order valence-corrected chi connectivity index (χ2v) is 3.15. The number of ketones is 1. The van der Waals surface area contributed by atoms with E-state index in [-0.39, 0.29) is 12.4 Å². The topological polar surface area (TPSA) is 43.4 Å². The van der Waals surface area contributed by atoms with Crippen molar-refractivity contribution in [1.82, 2.24) is 0 Å². The van der Waals surface area contributed by atoms with Gasteiger partial charge in [0, 0.05) is 18.1 Å². The van der Waals surface area contributed by atoms with Crippen molar-refractivity contribution < 1.29 is 14.3 Å². The highest BCUT2D eigenvalue weighted by atomic mass is 16.5. The van der Waals surface area contributed by atoms with Crippen LogP contribution in [0.3, 0.4) is 0 Å². The van der Waals surface area contributed by atoms with Crippen molar-refractivity contribution in [3.8, 4) is 0 Å². The second kappa shape index (κ2) is 5.37. The highest BCUT2D eigenvalue weighted by Crippen LogP contribution is 2.14. The van der Waals surface area contributed by atoms with E-state index in [4.69, 9.17) is 4.74 Å². The Hall–Kier alpha value is -1.38. The molecule has 0 N–H and O–H groups in total. The molecule has 1 rings (SSSR count). The van der Waals surface area contributed by atoms with Crippen LogP contribution >= 0.6 is 0 Å². The number of rotatable bonds is 3. The fourth-order valence-electron chi connectivity index (χ4n) is 1.29. The Labute approximate surface area is 83.4 Å². The number of carbonyl (C=O) groups excluding carboxylic acids is 2. The Bertz CT molecular complexity index is 287. The second-order valence-electron chi connectivity index (χ2n) is 3.15. The van der Waals surface area contributed by atoms with Crippen molar-refractivity contribution >= 4 is 11.8 Å². The van der Waals surface area contributed by atoms with Gasteiger partial charge in [-0.05, 0) is 19.8 Å². The van der Waals surface area contributed by atoms with E-state index in [1.165, 1.54) is 6.08 Å². The highest BCUT2D eigenvalue weighted by molar-refractivity contribution is 5.96. The molecule has 0 aromatic rings. The Morgan fingerprint density at radius 3 is 3.07 bits per heavy atom. The van der Waals surface area contributed by atoms with E-state index in [0.29, 0.717) is 12.0 Å². The number of esters is 1. The molecular formula is C11H14O3. The molecule has 1 aliphatic carbocycles. The molecule has 0 aromatic heterocycles. The largest absolute Gasteiger partial charge is 0.458 e. The fraction of sp³-hybridized carbons (Fsp3) is 0.455. The molecule has 0 aliphatic heterocycles. The van der Waals surface area contributed by atoms with Crippen LogP contribution in [0.15, 0.2) is 23.8 Å². The Kier molecular flexibility index (Phi) is 4.11. The highest BCUT2D eigenvalue weighted by Gasteiger charge is 2.14. The van der Waals surface area contributed by atoms with Crippen LogP contribution in [0.25, 0.3) is 0 Å². The lowest BCUT2D eigenvalue weighted by Gasteiger charge is -2.10. The molecule has 0 amide bonds. The average Bonchev–Trinajstić information content (AvgIpc) is 2.17. The molecule has 0 atom stereocenters. The third kappa shape index (κ3) is 3.17. The Morgan fingerprint density at radius 2 is 2.43 bits per heavy atom. The first-order valence-electron chi connectivity index (χ1n) is 4.75. The zero-order valence-electron chi connectivity index (χ0n) is 8.29. The monoisotopic (exact) mass is 194 g/mol. The standard InChI is InChI=1S/C11H14O3/c1-2-5-11(13)14-8-9-6-3-4-7-10(9)12/h2,5-6H,3-4,7-8H2,1H3/b5-2+. The van der Waals surface area contributed by atoms with Crippen molar-refractivity contribution in [1.29, 1.82) is 0 Å². The number of hydrogen-bond acceptors (Lipinski definition) is 3. The summed E-state index contributed by atoms with van der Waals surface area (Å²) in [4.78, 5) is 22.2. The molecule has 0 radical (unpaired) electrons. The molecule has 0 saturated carbocycles. The maximum atomic E-state index is 11.3. The van der Waals surface area contributed by atoms with E-state index in [0.717, 1.165) is 12.8 Å². The Balaban J connectivity index is 2.40. The summed E-state index contributed by atoms with van der Waals surface area (Å²) in [6, 6.07) is 0. The summed E-state index contributed by atoms with van der Waals surface area (Å²) in [5.74, 6) is -0.295. The molecule has 1 aliphatic rings. The molecule has 3 nitrogen and oxygen atoms in total. The third-order valence-corrected chi connectivity index (χ3v) is 2.03. The van der Waals surface area contributed by atoms with E-state index in [9.17, 15) is 9.59 Å². The van der Waals surface area contributed by atoms with Gasteiger partial charge in [-0.1, -0.05) is 12.2 Å². The van der Waals surface area contributed by atoms with Crippen LogP contribution in [0.4, 0.5) is 0 Å². The van der Waals surface area contributed by atoms with Crippen molar-refractivity contribution in [2.75, 3.05) is 6.61 Å². The predicted molar refractivity (Wildman–Crippen MR) is 52.7 cm³/mol. The predicted octanol–water partition coefficient (Wildman–Crippen LogP) is 1.79. The first kappa shape index (κ1) is 10.7. The van der Waals surface area contributed by atoms with Crippen LogP contribution in [0, 0.1) is 0 Å². The lowest BCUT2D eigenvalue weighted by Crippen LogP contribution is -2.14. The number of allylic oxidation sites excluding steroid dienone is 2. The van der Waals surface area contributed by atoms with Gasteiger partial charge < -0.3 is 4.74 Å². The molecule has 3 heteroatoms. The number of ether oxygens (including phenoxy) is 1. The summed E-state index contributed by atoms with van der Waals surface area (Å²) < 4.78 is 4.88. The normalized spacial score (nSPS) is 16.9. The van der Waals surface area contributed by atoms with Crippen LogP contribution in [-0.2, 0) is 14.3 Å². The lowest BCUT2D eigenvalue weighted by atomic mass is 9.99. The SMILES string of the molecule is C/C=C/C(=O)OCC1=CCCCC1=O. The van der Waals surface area contributed by atoms with Gasteiger partial charge in [-0.15, -0.1) is 0 Å². The van der Waals surface area contributed by atoms with Crippen LogP contribution in [0.5, 0.6) is 0 Å². The molecule has 0 aromatic carbocycles. The fourth-order valence-corrected chi connectivity index (χ4v) is 1.29. The molecule has 76 valence electrons. The van der Waals surface area contributed by atoms with Crippen molar-refractivity contribution in [2.24, 2.45) is 0 Å². The molecule has 0 spiro atoms. The first-order valence-corrected chi connectivity index (χ1v) is 4.75. The first-order chi connectivity index (χ1) is 6.74. The van der Waals surface area contributed by atoms with Crippen molar-refractivity contribution in [3.63, 3.8) is 0 Å². The Morgan fingerprint density at radius 1 is 1.64 bits per heavy atom. The van der Waals surface area contributed by atoms with Gasteiger partial charge in [-0.2, -0.15) is 0 Å². The van der Waals surface area contributed by atoms with Gasteiger partial charge in [-0.25, -0.2) is 4.79 Å². The van der Waals surface area contributed by atoms with Crippen molar-refractivity contribution in [2.45, 2.75) is 26.2 Å². The van der Waals surface area contributed by atoms with Gasteiger partial charge in [0.2, 0.25) is 0 Å². The van der Waals surface area contributed by atoms with E-state index in [2.05, 4.69) is 0 Å². The van der Waals surface area contributed by atoms with Crippen molar-refractivity contribution in [3.05, 3.63) is 23.8 Å². The summed E-state index contributed by atoms with van der Waals surface area (Å²) in [5.41, 5.74) is 0.633. The summed E-state index contributed by atoms with van der Waals surface area (Å²) in [7, 11) is 0. The molecule has 0 heterocycles. The maximum Gasteiger partial charge on any atom is 0.330 e. The third-order valence-electron chi connectivity index (χ3n) is 2.03. The van der Waals surface area contributed by atoms with Gasteiger partial charge in [-0.3, -0.25) is 4.79 Å². The van der Waals surface area contributed by atoms with E-state index >= 15 is 0 Å². The maximum absolute atomic E-state index is 11.3. The van der Waals surface area contributed by atoms with Gasteiger partial charge in [0.1, 0.15) is 6.61 Å².